The van der Waals surface area contributed by atoms with Gasteiger partial charge in [-0.15, -0.1) is 0 Å². The summed E-state index contributed by atoms with van der Waals surface area (Å²) in [5, 5.41) is 8.67. The number of halogens is 1. The Balaban J connectivity index is 2.17. The van der Waals surface area contributed by atoms with Crippen molar-refractivity contribution >= 4 is 26.0 Å². The van der Waals surface area contributed by atoms with Gasteiger partial charge in [0.2, 0.25) is 10.0 Å². The first kappa shape index (κ1) is 13.5. The van der Waals surface area contributed by atoms with Gasteiger partial charge < -0.3 is 0 Å². The lowest BCUT2D eigenvalue weighted by Crippen LogP contribution is -2.37. The number of sulfonamides is 1. The number of benzene rings is 1. The molecule has 6 heteroatoms. The zero-order chi connectivity index (χ0) is 13.2. The third kappa shape index (κ3) is 2.91. The molecule has 1 aromatic rings. The van der Waals surface area contributed by atoms with Crippen LogP contribution in [0.4, 0.5) is 0 Å². The van der Waals surface area contributed by atoms with E-state index in [0.717, 1.165) is 19.3 Å². The van der Waals surface area contributed by atoms with Crippen LogP contribution in [0.15, 0.2) is 29.2 Å². The molecule has 1 aromatic carbocycles. The summed E-state index contributed by atoms with van der Waals surface area (Å²) < 4.78 is 26.9. The van der Waals surface area contributed by atoms with Crippen molar-refractivity contribution in [3.8, 4) is 6.07 Å². The summed E-state index contributed by atoms with van der Waals surface area (Å²) in [4.78, 5) is 0.402. The fourth-order valence-electron chi connectivity index (χ4n) is 2.02. The average Bonchev–Trinajstić information content (AvgIpc) is 2.74. The molecule has 1 aliphatic carbocycles. The van der Waals surface area contributed by atoms with Gasteiger partial charge in [0.25, 0.3) is 0 Å². The number of nitriles is 1. The van der Waals surface area contributed by atoms with Crippen LogP contribution in [0, 0.1) is 11.3 Å². The summed E-state index contributed by atoms with van der Waals surface area (Å²) in [5.74, 6) is 0. The molecular formula is C12H13BrN2O2S. The van der Waals surface area contributed by atoms with Crippen molar-refractivity contribution in [3.05, 3.63) is 29.8 Å². The smallest absolute Gasteiger partial charge is 0.207 e. The molecule has 96 valence electrons. The maximum absolute atomic E-state index is 12.1. The van der Waals surface area contributed by atoms with Crippen LogP contribution in [-0.2, 0) is 10.0 Å². The van der Waals surface area contributed by atoms with Crippen LogP contribution < -0.4 is 4.72 Å². The van der Waals surface area contributed by atoms with Crippen molar-refractivity contribution in [2.24, 2.45) is 0 Å². The van der Waals surface area contributed by atoms with E-state index in [9.17, 15) is 8.42 Å². The van der Waals surface area contributed by atoms with Gasteiger partial charge in [0, 0.05) is 10.9 Å². The van der Waals surface area contributed by atoms with Crippen LogP contribution in [0.2, 0.25) is 0 Å². The maximum atomic E-state index is 12.1. The predicted octanol–water partition coefficient (Wildman–Crippen LogP) is 2.15. The lowest BCUT2D eigenvalue weighted by molar-refractivity contribution is 0.556. The summed E-state index contributed by atoms with van der Waals surface area (Å²) in [5.41, 5.74) is 0.452. The minimum atomic E-state index is -3.49. The third-order valence-corrected chi connectivity index (χ3v) is 5.63. The van der Waals surface area contributed by atoms with Crippen molar-refractivity contribution in [1.29, 1.82) is 5.26 Å². The molecule has 0 radical (unpaired) electrons. The monoisotopic (exact) mass is 328 g/mol. The molecule has 1 saturated carbocycles. The van der Waals surface area contributed by atoms with E-state index >= 15 is 0 Å². The molecule has 2 atom stereocenters. The van der Waals surface area contributed by atoms with Gasteiger partial charge in [0.1, 0.15) is 0 Å². The van der Waals surface area contributed by atoms with E-state index in [4.69, 9.17) is 5.26 Å². The average molecular weight is 329 g/mol. The Morgan fingerprint density at radius 1 is 1.28 bits per heavy atom. The summed E-state index contributed by atoms with van der Waals surface area (Å²) in [7, 11) is -3.49. The number of hydrogen-bond acceptors (Lipinski definition) is 3. The molecule has 18 heavy (non-hydrogen) atoms. The quantitative estimate of drug-likeness (QED) is 0.864. The summed E-state index contributed by atoms with van der Waals surface area (Å²) in [6.07, 6.45) is 2.86. The lowest BCUT2D eigenvalue weighted by Gasteiger charge is -2.16. The fourth-order valence-corrected chi connectivity index (χ4v) is 4.23. The second-order valence-electron chi connectivity index (χ2n) is 4.31. The van der Waals surface area contributed by atoms with Crippen LogP contribution in [0.5, 0.6) is 0 Å². The Morgan fingerprint density at radius 3 is 2.44 bits per heavy atom. The Morgan fingerprint density at radius 2 is 1.94 bits per heavy atom. The van der Waals surface area contributed by atoms with E-state index < -0.39 is 10.0 Å². The van der Waals surface area contributed by atoms with Crippen molar-refractivity contribution in [2.75, 3.05) is 0 Å². The molecule has 0 bridgehead atoms. The summed E-state index contributed by atoms with van der Waals surface area (Å²) >= 11 is 3.48. The van der Waals surface area contributed by atoms with Crippen molar-refractivity contribution in [1.82, 2.24) is 4.72 Å². The van der Waals surface area contributed by atoms with Crippen molar-refractivity contribution in [2.45, 2.75) is 35.0 Å². The molecule has 1 fully saturated rings. The second-order valence-corrected chi connectivity index (χ2v) is 7.20. The first-order chi connectivity index (χ1) is 8.53. The molecule has 2 unspecified atom stereocenters. The maximum Gasteiger partial charge on any atom is 0.240 e. The van der Waals surface area contributed by atoms with Gasteiger partial charge >= 0.3 is 0 Å². The molecule has 0 aromatic heterocycles. The van der Waals surface area contributed by atoms with Gasteiger partial charge in [-0.3, -0.25) is 0 Å². The normalized spacial score (nSPS) is 23.8. The van der Waals surface area contributed by atoms with Crippen molar-refractivity contribution < 1.29 is 8.42 Å². The van der Waals surface area contributed by atoms with Crippen molar-refractivity contribution in [3.63, 3.8) is 0 Å². The molecule has 0 saturated heterocycles. The first-order valence-corrected chi connectivity index (χ1v) is 8.09. The first-order valence-electron chi connectivity index (χ1n) is 5.69. The molecular weight excluding hydrogens is 316 g/mol. The Hall–Kier alpha value is -0.900. The lowest BCUT2D eigenvalue weighted by atomic mass is 10.2. The standard InChI is InChI=1S/C12H13BrN2O2S/c13-11-2-1-3-12(11)15-18(16,17)10-6-4-9(8-14)5-7-10/h4-7,11-12,15H,1-3H2. The highest BCUT2D eigenvalue weighted by atomic mass is 79.9. The van der Waals surface area contributed by atoms with Gasteiger partial charge in [-0.05, 0) is 37.1 Å². The zero-order valence-electron chi connectivity index (χ0n) is 9.64. The molecule has 4 nitrogen and oxygen atoms in total. The highest BCUT2D eigenvalue weighted by Gasteiger charge is 2.29. The van der Waals surface area contributed by atoms with Crippen LogP contribution >= 0.6 is 15.9 Å². The molecule has 0 spiro atoms. The van der Waals surface area contributed by atoms with E-state index in [2.05, 4.69) is 20.7 Å². The Kier molecular flexibility index (Phi) is 4.05. The van der Waals surface area contributed by atoms with Gasteiger partial charge in [0.05, 0.1) is 16.5 Å². The molecule has 1 aliphatic rings. The zero-order valence-corrected chi connectivity index (χ0v) is 12.0. The highest BCUT2D eigenvalue weighted by Crippen LogP contribution is 2.27. The van der Waals surface area contributed by atoms with Gasteiger partial charge in [-0.1, -0.05) is 22.4 Å². The van der Waals surface area contributed by atoms with Gasteiger partial charge in [-0.25, -0.2) is 13.1 Å². The SMILES string of the molecule is N#Cc1ccc(S(=O)(=O)NC2CCCC2Br)cc1. The van der Waals surface area contributed by atoms with Crippen LogP contribution in [0.1, 0.15) is 24.8 Å². The Bertz CT molecular complexity index is 563. The van der Waals surface area contributed by atoms with E-state index in [-0.39, 0.29) is 15.8 Å². The summed E-state index contributed by atoms with van der Waals surface area (Å²) in [6.45, 7) is 0. The van der Waals surface area contributed by atoms with E-state index in [0.29, 0.717) is 5.56 Å². The predicted molar refractivity (Wildman–Crippen MR) is 71.8 cm³/mol. The molecule has 2 rings (SSSR count). The van der Waals surface area contributed by atoms with E-state index in [1.807, 2.05) is 6.07 Å². The topological polar surface area (TPSA) is 70.0 Å². The fraction of sp³-hybridized carbons (Fsp3) is 0.417. The minimum Gasteiger partial charge on any atom is -0.207 e. The largest absolute Gasteiger partial charge is 0.240 e. The van der Waals surface area contributed by atoms with Crippen LogP contribution in [0.3, 0.4) is 0 Å². The number of rotatable bonds is 3. The molecule has 1 N–H and O–H groups in total. The third-order valence-electron chi connectivity index (χ3n) is 3.03. The van der Waals surface area contributed by atoms with E-state index in [1.165, 1.54) is 24.3 Å². The number of nitrogens with one attached hydrogen (secondary N) is 1. The second kappa shape index (κ2) is 5.39. The molecule has 0 amide bonds. The minimum absolute atomic E-state index is 0.0503. The van der Waals surface area contributed by atoms with Crippen LogP contribution in [-0.4, -0.2) is 19.3 Å². The molecule has 0 aliphatic heterocycles. The highest BCUT2D eigenvalue weighted by molar-refractivity contribution is 9.09. The van der Waals surface area contributed by atoms with Crippen LogP contribution in [0.25, 0.3) is 0 Å². The number of nitrogens with zero attached hydrogens (tertiary/aromatic N) is 1. The van der Waals surface area contributed by atoms with Gasteiger partial charge in [-0.2, -0.15) is 5.26 Å². The summed E-state index contributed by atoms with van der Waals surface area (Å²) in [6, 6.07) is 7.85. The number of hydrogen-bond donors (Lipinski definition) is 1. The van der Waals surface area contributed by atoms with E-state index in [1.54, 1.807) is 0 Å². The van der Waals surface area contributed by atoms with Gasteiger partial charge in [0.15, 0.2) is 0 Å². The Labute approximate surface area is 115 Å². The number of alkyl halides is 1. The molecule has 0 heterocycles.